The zero-order valence-electron chi connectivity index (χ0n) is 14.9. The van der Waals surface area contributed by atoms with Crippen molar-refractivity contribution in [2.45, 2.75) is 32.5 Å². The summed E-state index contributed by atoms with van der Waals surface area (Å²) in [7, 11) is 1.47. The molecule has 0 unspecified atom stereocenters. The number of nitrogens with zero attached hydrogens (tertiary/aromatic N) is 1. The predicted octanol–water partition coefficient (Wildman–Crippen LogP) is 4.70. The van der Waals surface area contributed by atoms with E-state index in [4.69, 9.17) is 0 Å². The van der Waals surface area contributed by atoms with Crippen molar-refractivity contribution in [2.75, 3.05) is 12.4 Å². The van der Waals surface area contributed by atoms with Crippen LogP contribution in [-0.4, -0.2) is 23.8 Å². The highest BCUT2D eigenvalue weighted by atomic mass is 32.1. The number of benzene rings is 1. The molecule has 0 spiro atoms. The summed E-state index contributed by atoms with van der Waals surface area (Å²) in [6.07, 6.45) is -2.72. The summed E-state index contributed by atoms with van der Waals surface area (Å²) in [6.45, 7) is 1.59. The lowest BCUT2D eigenvalue weighted by Crippen LogP contribution is -2.27. The average molecular weight is 396 g/mol. The van der Waals surface area contributed by atoms with Gasteiger partial charge in [0.2, 0.25) is 5.91 Å². The molecule has 0 saturated heterocycles. The Morgan fingerprint density at radius 2 is 1.93 bits per heavy atom. The maximum absolute atomic E-state index is 13.1. The largest absolute Gasteiger partial charge is 0.416 e. The highest BCUT2D eigenvalue weighted by molar-refractivity contribution is 7.18. The maximum Gasteiger partial charge on any atom is 0.416 e. The molecule has 144 valence electrons. The van der Waals surface area contributed by atoms with Gasteiger partial charge >= 0.3 is 6.18 Å². The van der Waals surface area contributed by atoms with Crippen LogP contribution < -0.4 is 5.32 Å². The van der Waals surface area contributed by atoms with E-state index >= 15 is 0 Å². The third-order valence-electron chi connectivity index (χ3n) is 4.38. The van der Waals surface area contributed by atoms with E-state index < -0.39 is 11.7 Å². The van der Waals surface area contributed by atoms with Crippen LogP contribution in [0.4, 0.5) is 18.2 Å². The van der Waals surface area contributed by atoms with Gasteiger partial charge in [-0.2, -0.15) is 13.2 Å². The van der Waals surface area contributed by atoms with Crippen molar-refractivity contribution in [1.82, 2.24) is 4.90 Å². The SMILES string of the molecule is Cc1cc(NC(=O)C2CC2)sc1C(=O)N(C)Cc1ccccc1C(F)(F)F. The summed E-state index contributed by atoms with van der Waals surface area (Å²) in [4.78, 5) is 26.3. The lowest BCUT2D eigenvalue weighted by atomic mass is 10.1. The Labute approximate surface area is 159 Å². The van der Waals surface area contributed by atoms with Crippen LogP contribution in [0, 0.1) is 12.8 Å². The summed E-state index contributed by atoms with van der Waals surface area (Å²) in [5.74, 6) is -0.378. The van der Waals surface area contributed by atoms with Crippen molar-refractivity contribution in [3.8, 4) is 0 Å². The van der Waals surface area contributed by atoms with Gasteiger partial charge in [0, 0.05) is 19.5 Å². The van der Waals surface area contributed by atoms with Crippen LogP contribution >= 0.6 is 11.3 Å². The second-order valence-corrected chi connectivity index (χ2v) is 7.75. The van der Waals surface area contributed by atoms with Gasteiger partial charge in [-0.1, -0.05) is 18.2 Å². The van der Waals surface area contributed by atoms with E-state index in [2.05, 4.69) is 5.32 Å². The Kier molecular flexibility index (Phi) is 5.28. The Balaban J connectivity index is 1.74. The predicted molar refractivity (Wildman–Crippen MR) is 97.7 cm³/mol. The van der Waals surface area contributed by atoms with Crippen molar-refractivity contribution < 1.29 is 22.8 Å². The molecule has 3 rings (SSSR count). The van der Waals surface area contributed by atoms with E-state index in [9.17, 15) is 22.8 Å². The zero-order chi connectivity index (χ0) is 19.8. The first-order valence-corrected chi connectivity index (χ1v) is 9.30. The van der Waals surface area contributed by atoms with E-state index in [1.807, 2.05) is 0 Å². The van der Waals surface area contributed by atoms with Crippen molar-refractivity contribution in [1.29, 1.82) is 0 Å². The Bertz CT molecular complexity index is 872. The number of rotatable bonds is 5. The molecule has 1 saturated carbocycles. The molecule has 0 atom stereocenters. The highest BCUT2D eigenvalue weighted by Crippen LogP contribution is 2.34. The summed E-state index contributed by atoms with van der Waals surface area (Å²) in [5.41, 5.74) is -0.0192. The molecule has 2 amide bonds. The normalized spacial score (nSPS) is 14.1. The van der Waals surface area contributed by atoms with Crippen LogP contribution in [0.1, 0.15) is 39.2 Å². The molecule has 1 N–H and O–H groups in total. The number of nitrogens with one attached hydrogen (secondary N) is 1. The zero-order valence-corrected chi connectivity index (χ0v) is 15.7. The second kappa shape index (κ2) is 7.34. The summed E-state index contributed by atoms with van der Waals surface area (Å²) in [5, 5.41) is 3.38. The van der Waals surface area contributed by atoms with E-state index in [1.54, 1.807) is 13.0 Å². The number of hydrogen-bond donors (Lipinski definition) is 1. The fraction of sp³-hybridized carbons (Fsp3) is 0.368. The molecular weight excluding hydrogens is 377 g/mol. The molecule has 1 aromatic heterocycles. The van der Waals surface area contributed by atoms with Gasteiger partial charge < -0.3 is 10.2 Å². The van der Waals surface area contributed by atoms with Crippen molar-refractivity contribution in [3.05, 3.63) is 51.9 Å². The molecule has 1 aliphatic rings. The molecule has 1 heterocycles. The van der Waals surface area contributed by atoms with E-state index in [0.29, 0.717) is 15.4 Å². The lowest BCUT2D eigenvalue weighted by Gasteiger charge is -2.20. The van der Waals surface area contributed by atoms with Crippen LogP contribution in [-0.2, 0) is 17.5 Å². The standard InChI is InChI=1S/C19H19F3N2O2S/c1-11-9-15(23-17(25)12-7-8-12)27-16(11)18(26)24(2)10-13-5-3-4-6-14(13)19(20,21)22/h3-6,9,12H,7-8,10H2,1-2H3,(H,23,25). The van der Waals surface area contributed by atoms with Crippen LogP contribution in [0.5, 0.6) is 0 Å². The molecule has 8 heteroatoms. The molecule has 0 bridgehead atoms. The van der Waals surface area contributed by atoms with Crippen LogP contribution in [0.25, 0.3) is 0 Å². The quantitative estimate of drug-likeness (QED) is 0.797. The first-order chi connectivity index (χ1) is 12.7. The Morgan fingerprint density at radius 3 is 2.56 bits per heavy atom. The summed E-state index contributed by atoms with van der Waals surface area (Å²) in [6, 6.07) is 6.94. The summed E-state index contributed by atoms with van der Waals surface area (Å²) >= 11 is 1.14. The first-order valence-electron chi connectivity index (χ1n) is 8.48. The van der Waals surface area contributed by atoms with Crippen LogP contribution in [0.2, 0.25) is 0 Å². The van der Waals surface area contributed by atoms with E-state index in [-0.39, 0.29) is 29.8 Å². The van der Waals surface area contributed by atoms with Gasteiger partial charge in [-0.05, 0) is 43.0 Å². The van der Waals surface area contributed by atoms with Crippen molar-refractivity contribution >= 4 is 28.2 Å². The minimum Gasteiger partial charge on any atom is -0.337 e. The minimum absolute atomic E-state index is 0.0392. The van der Waals surface area contributed by atoms with Crippen molar-refractivity contribution in [2.24, 2.45) is 5.92 Å². The van der Waals surface area contributed by atoms with Crippen LogP contribution in [0.15, 0.2) is 30.3 Å². The maximum atomic E-state index is 13.1. The lowest BCUT2D eigenvalue weighted by molar-refractivity contribution is -0.138. The van der Waals surface area contributed by atoms with Gasteiger partial charge in [-0.3, -0.25) is 9.59 Å². The third kappa shape index (κ3) is 4.50. The van der Waals surface area contributed by atoms with Gasteiger partial charge in [0.05, 0.1) is 15.4 Å². The number of thiophene rings is 1. The smallest absolute Gasteiger partial charge is 0.337 e. The second-order valence-electron chi connectivity index (χ2n) is 6.70. The number of alkyl halides is 3. The average Bonchev–Trinajstić information content (AvgIpc) is 3.38. The monoisotopic (exact) mass is 396 g/mol. The molecule has 1 aromatic carbocycles. The number of hydrogen-bond acceptors (Lipinski definition) is 3. The van der Waals surface area contributed by atoms with Gasteiger partial charge in [0.1, 0.15) is 0 Å². The van der Waals surface area contributed by atoms with Gasteiger partial charge in [-0.25, -0.2) is 0 Å². The number of amides is 2. The molecule has 1 fully saturated rings. The van der Waals surface area contributed by atoms with Crippen LogP contribution in [0.3, 0.4) is 0 Å². The van der Waals surface area contributed by atoms with Gasteiger partial charge in [-0.15, -0.1) is 11.3 Å². The molecule has 1 aliphatic carbocycles. The molecule has 0 aliphatic heterocycles. The number of halogens is 3. The minimum atomic E-state index is -4.47. The number of carbonyl (C=O) groups is 2. The molecule has 4 nitrogen and oxygen atoms in total. The van der Waals surface area contributed by atoms with E-state index in [0.717, 1.165) is 30.2 Å². The first kappa shape index (κ1) is 19.4. The third-order valence-corrected chi connectivity index (χ3v) is 5.52. The fourth-order valence-electron chi connectivity index (χ4n) is 2.76. The number of carbonyl (C=O) groups excluding carboxylic acids is 2. The number of anilines is 1. The fourth-order valence-corrected chi connectivity index (χ4v) is 3.83. The van der Waals surface area contributed by atoms with Gasteiger partial charge in [0.25, 0.3) is 5.91 Å². The Hall–Kier alpha value is -2.35. The topological polar surface area (TPSA) is 49.4 Å². The molecular formula is C19H19F3N2O2S. The van der Waals surface area contributed by atoms with E-state index in [1.165, 1.54) is 30.1 Å². The highest BCUT2D eigenvalue weighted by Gasteiger charge is 2.34. The van der Waals surface area contributed by atoms with Gasteiger partial charge in [0.15, 0.2) is 0 Å². The molecule has 27 heavy (non-hydrogen) atoms. The van der Waals surface area contributed by atoms with Crippen molar-refractivity contribution in [3.63, 3.8) is 0 Å². The summed E-state index contributed by atoms with van der Waals surface area (Å²) < 4.78 is 39.4. The number of aryl methyl sites for hydroxylation is 1. The Morgan fingerprint density at radius 1 is 1.26 bits per heavy atom. The molecule has 0 radical (unpaired) electrons. The molecule has 2 aromatic rings.